The molecule has 0 saturated heterocycles. The molecule has 6 heteroatoms. The fraction of sp³-hybridized carbons (Fsp3) is 0.455. The predicted molar refractivity (Wildman–Crippen MR) is 73.7 cm³/mol. The lowest BCUT2D eigenvalue weighted by atomic mass is 10.2. The van der Waals surface area contributed by atoms with E-state index in [0.717, 1.165) is 17.2 Å². The summed E-state index contributed by atoms with van der Waals surface area (Å²) in [5, 5.41) is 10.4. The van der Waals surface area contributed by atoms with Crippen LogP contribution < -0.4 is 5.32 Å². The molecule has 0 aliphatic heterocycles. The smallest absolute Gasteiger partial charge is 0.134 e. The van der Waals surface area contributed by atoms with E-state index in [9.17, 15) is 0 Å². The Hall–Kier alpha value is -0.980. The molecule has 0 aliphatic carbocycles. The topological polar surface area (TPSA) is 41.1 Å². The third-order valence-electron chi connectivity index (χ3n) is 2.80. The molecule has 2 aromatic rings. The Kier molecular flexibility index (Phi) is 4.09. The molecule has 1 atom stereocenters. The molecule has 0 radical (unpaired) electrons. The first-order valence-electron chi connectivity index (χ1n) is 5.45. The van der Waals surface area contributed by atoms with E-state index in [4.69, 9.17) is 0 Å². The third-order valence-corrected chi connectivity index (χ3v) is 4.63. The van der Waals surface area contributed by atoms with Gasteiger partial charge in [-0.25, -0.2) is 0 Å². The fourth-order valence-electron chi connectivity index (χ4n) is 1.62. The van der Waals surface area contributed by atoms with E-state index in [-0.39, 0.29) is 0 Å². The van der Waals surface area contributed by atoms with Gasteiger partial charge in [-0.2, -0.15) is 0 Å². The van der Waals surface area contributed by atoms with E-state index in [2.05, 4.69) is 51.3 Å². The molecular formula is C11H16N4S2. The first-order chi connectivity index (χ1) is 8.22. The quantitative estimate of drug-likeness (QED) is 0.905. The third kappa shape index (κ3) is 2.83. The molecule has 0 aromatic carbocycles. The highest BCUT2D eigenvalue weighted by Crippen LogP contribution is 2.26. The zero-order chi connectivity index (χ0) is 12.3. The Morgan fingerprint density at radius 3 is 3.00 bits per heavy atom. The molecule has 2 rings (SSSR count). The largest absolute Gasteiger partial charge is 0.377 e. The second kappa shape index (κ2) is 5.57. The molecule has 1 N–H and O–H groups in total. The van der Waals surface area contributed by atoms with Crippen LogP contribution in [0.1, 0.15) is 23.5 Å². The van der Waals surface area contributed by atoms with Crippen LogP contribution in [0.4, 0.5) is 5.00 Å². The summed E-state index contributed by atoms with van der Waals surface area (Å²) >= 11 is 3.20. The predicted octanol–water partition coefficient (Wildman–Crippen LogP) is 2.83. The standard InChI is InChI=1S/C11H16N4S2/c1-8(10-5-4-6-16-10)15(3)7-9-11(12-2)17-14-13-9/h4-6,8,12H,7H2,1-3H3. The van der Waals surface area contributed by atoms with Gasteiger partial charge in [0, 0.05) is 36.0 Å². The minimum absolute atomic E-state index is 0.404. The van der Waals surface area contributed by atoms with Crippen molar-refractivity contribution >= 4 is 27.9 Å². The van der Waals surface area contributed by atoms with Gasteiger partial charge in [-0.1, -0.05) is 10.6 Å². The molecule has 2 heterocycles. The molecule has 0 aliphatic rings. The summed E-state index contributed by atoms with van der Waals surface area (Å²) in [7, 11) is 4.02. The highest BCUT2D eigenvalue weighted by atomic mass is 32.1. The van der Waals surface area contributed by atoms with Gasteiger partial charge >= 0.3 is 0 Å². The monoisotopic (exact) mass is 268 g/mol. The van der Waals surface area contributed by atoms with E-state index in [1.807, 2.05) is 7.05 Å². The summed E-state index contributed by atoms with van der Waals surface area (Å²) in [5.41, 5.74) is 1.02. The van der Waals surface area contributed by atoms with Crippen molar-refractivity contribution in [3.63, 3.8) is 0 Å². The van der Waals surface area contributed by atoms with E-state index in [0.29, 0.717) is 6.04 Å². The Morgan fingerprint density at radius 2 is 2.35 bits per heavy atom. The molecule has 0 spiro atoms. The van der Waals surface area contributed by atoms with Gasteiger partial charge in [0.25, 0.3) is 0 Å². The first kappa shape index (κ1) is 12.5. The van der Waals surface area contributed by atoms with Crippen LogP contribution >= 0.6 is 22.9 Å². The first-order valence-corrected chi connectivity index (χ1v) is 7.10. The van der Waals surface area contributed by atoms with Gasteiger partial charge < -0.3 is 5.32 Å². The molecule has 4 nitrogen and oxygen atoms in total. The van der Waals surface area contributed by atoms with Gasteiger partial charge in [0.05, 0.1) is 0 Å². The zero-order valence-corrected chi connectivity index (χ0v) is 11.8. The Morgan fingerprint density at radius 1 is 1.53 bits per heavy atom. The zero-order valence-electron chi connectivity index (χ0n) is 10.2. The van der Waals surface area contributed by atoms with Gasteiger partial charge in [0.1, 0.15) is 10.7 Å². The van der Waals surface area contributed by atoms with E-state index in [1.165, 1.54) is 16.4 Å². The fourth-order valence-corrected chi connectivity index (χ4v) is 2.99. The van der Waals surface area contributed by atoms with Crippen LogP contribution in [0.2, 0.25) is 0 Å². The summed E-state index contributed by atoms with van der Waals surface area (Å²) in [6.07, 6.45) is 0. The van der Waals surface area contributed by atoms with Crippen molar-refractivity contribution in [2.24, 2.45) is 0 Å². The van der Waals surface area contributed by atoms with Crippen LogP contribution in [0, 0.1) is 0 Å². The van der Waals surface area contributed by atoms with Crippen molar-refractivity contribution in [2.75, 3.05) is 19.4 Å². The van der Waals surface area contributed by atoms with Crippen molar-refractivity contribution in [3.05, 3.63) is 28.1 Å². The minimum Gasteiger partial charge on any atom is -0.377 e. The van der Waals surface area contributed by atoms with Crippen molar-refractivity contribution in [2.45, 2.75) is 19.5 Å². The molecular weight excluding hydrogens is 252 g/mol. The van der Waals surface area contributed by atoms with Crippen molar-refractivity contribution in [1.82, 2.24) is 14.5 Å². The molecule has 92 valence electrons. The molecule has 0 amide bonds. The van der Waals surface area contributed by atoms with Crippen LogP contribution in [0.25, 0.3) is 0 Å². The lowest BCUT2D eigenvalue weighted by Crippen LogP contribution is -2.21. The van der Waals surface area contributed by atoms with Crippen LogP contribution in [0.15, 0.2) is 17.5 Å². The summed E-state index contributed by atoms with van der Waals surface area (Å²) < 4.78 is 3.97. The van der Waals surface area contributed by atoms with Crippen molar-refractivity contribution in [1.29, 1.82) is 0 Å². The minimum atomic E-state index is 0.404. The highest BCUT2D eigenvalue weighted by molar-refractivity contribution is 7.10. The number of nitrogens with one attached hydrogen (secondary N) is 1. The van der Waals surface area contributed by atoms with Crippen molar-refractivity contribution in [3.8, 4) is 0 Å². The van der Waals surface area contributed by atoms with Gasteiger partial charge in [0.2, 0.25) is 0 Å². The van der Waals surface area contributed by atoms with Gasteiger partial charge in [-0.3, -0.25) is 4.90 Å². The SMILES string of the molecule is CNc1snnc1CN(C)C(C)c1cccs1. The highest BCUT2D eigenvalue weighted by Gasteiger charge is 2.16. The summed E-state index contributed by atoms with van der Waals surface area (Å²) in [6, 6.07) is 4.67. The summed E-state index contributed by atoms with van der Waals surface area (Å²) in [4.78, 5) is 3.66. The summed E-state index contributed by atoms with van der Waals surface area (Å²) in [6.45, 7) is 3.02. The summed E-state index contributed by atoms with van der Waals surface area (Å²) in [5.74, 6) is 0. The van der Waals surface area contributed by atoms with Gasteiger partial charge in [0.15, 0.2) is 0 Å². The van der Waals surface area contributed by atoms with Crippen LogP contribution in [0.5, 0.6) is 0 Å². The van der Waals surface area contributed by atoms with Crippen LogP contribution in [-0.2, 0) is 6.54 Å². The number of anilines is 1. The normalized spacial score (nSPS) is 12.9. The van der Waals surface area contributed by atoms with E-state index >= 15 is 0 Å². The van der Waals surface area contributed by atoms with Crippen LogP contribution in [-0.4, -0.2) is 28.6 Å². The maximum absolute atomic E-state index is 4.16. The van der Waals surface area contributed by atoms with E-state index < -0.39 is 0 Å². The molecule has 0 bridgehead atoms. The number of hydrogen-bond acceptors (Lipinski definition) is 6. The van der Waals surface area contributed by atoms with Gasteiger partial charge in [-0.05, 0) is 25.4 Å². The number of hydrogen-bond donors (Lipinski definition) is 1. The Balaban J connectivity index is 2.04. The maximum Gasteiger partial charge on any atom is 0.134 e. The number of nitrogens with zero attached hydrogens (tertiary/aromatic N) is 3. The molecule has 0 fully saturated rings. The Bertz CT molecular complexity index is 452. The molecule has 2 aromatic heterocycles. The number of thiophene rings is 1. The number of aromatic nitrogens is 2. The second-order valence-corrected chi connectivity index (χ2v) is 5.64. The average molecular weight is 268 g/mol. The maximum atomic E-state index is 4.16. The lowest BCUT2D eigenvalue weighted by molar-refractivity contribution is 0.254. The molecule has 0 saturated carbocycles. The Labute approximate surface area is 109 Å². The second-order valence-electron chi connectivity index (χ2n) is 3.91. The lowest BCUT2D eigenvalue weighted by Gasteiger charge is -2.22. The van der Waals surface area contributed by atoms with Crippen molar-refractivity contribution < 1.29 is 0 Å². The van der Waals surface area contributed by atoms with E-state index in [1.54, 1.807) is 11.3 Å². The molecule has 1 unspecified atom stereocenters. The molecule has 17 heavy (non-hydrogen) atoms. The van der Waals surface area contributed by atoms with Gasteiger partial charge in [-0.15, -0.1) is 16.4 Å². The van der Waals surface area contributed by atoms with Crippen LogP contribution in [0.3, 0.4) is 0 Å². The average Bonchev–Trinajstić information content (AvgIpc) is 2.98. The number of rotatable bonds is 5.